The SMILES string of the molecule is COC[C@@H](Cc1ccccc1)CC(C)(C)NC(=O)O. The lowest BCUT2D eigenvalue weighted by Gasteiger charge is -2.29. The number of hydrogen-bond acceptors (Lipinski definition) is 2. The maximum atomic E-state index is 10.8. The molecule has 0 saturated heterocycles. The second-order valence-electron chi connectivity index (χ2n) is 5.53. The van der Waals surface area contributed by atoms with Gasteiger partial charge in [0.1, 0.15) is 0 Å². The van der Waals surface area contributed by atoms with Crippen LogP contribution < -0.4 is 5.32 Å². The molecule has 1 rings (SSSR count). The Labute approximate surface area is 114 Å². The predicted octanol–water partition coefficient (Wildman–Crippen LogP) is 2.93. The van der Waals surface area contributed by atoms with E-state index in [4.69, 9.17) is 9.84 Å². The van der Waals surface area contributed by atoms with Crippen LogP contribution in [0, 0.1) is 5.92 Å². The number of benzene rings is 1. The van der Waals surface area contributed by atoms with E-state index < -0.39 is 11.6 Å². The maximum absolute atomic E-state index is 10.8. The van der Waals surface area contributed by atoms with Gasteiger partial charge in [-0.2, -0.15) is 0 Å². The normalized spacial score (nSPS) is 13.0. The van der Waals surface area contributed by atoms with Crippen LogP contribution in [-0.4, -0.2) is 30.5 Å². The van der Waals surface area contributed by atoms with Gasteiger partial charge in [-0.3, -0.25) is 0 Å². The monoisotopic (exact) mass is 265 g/mol. The molecule has 1 aromatic rings. The first-order valence-electron chi connectivity index (χ1n) is 6.47. The van der Waals surface area contributed by atoms with E-state index in [1.165, 1.54) is 5.56 Å². The van der Waals surface area contributed by atoms with Crippen LogP contribution in [0.2, 0.25) is 0 Å². The highest BCUT2D eigenvalue weighted by atomic mass is 16.5. The maximum Gasteiger partial charge on any atom is 0.405 e. The lowest BCUT2D eigenvalue weighted by atomic mass is 9.87. The fraction of sp³-hybridized carbons (Fsp3) is 0.533. The number of amides is 1. The van der Waals surface area contributed by atoms with Crippen molar-refractivity contribution in [3.63, 3.8) is 0 Å². The molecule has 0 aliphatic heterocycles. The molecule has 4 nitrogen and oxygen atoms in total. The Morgan fingerprint density at radius 1 is 1.37 bits per heavy atom. The topological polar surface area (TPSA) is 58.6 Å². The van der Waals surface area contributed by atoms with Gasteiger partial charge in [0, 0.05) is 19.3 Å². The van der Waals surface area contributed by atoms with E-state index in [2.05, 4.69) is 17.4 Å². The van der Waals surface area contributed by atoms with E-state index in [1.54, 1.807) is 7.11 Å². The van der Waals surface area contributed by atoms with E-state index in [0.717, 1.165) is 12.8 Å². The van der Waals surface area contributed by atoms with Crippen molar-refractivity contribution in [3.05, 3.63) is 35.9 Å². The third kappa shape index (κ3) is 6.25. The highest BCUT2D eigenvalue weighted by molar-refractivity contribution is 5.65. The van der Waals surface area contributed by atoms with E-state index in [0.29, 0.717) is 6.61 Å². The molecule has 0 spiro atoms. The van der Waals surface area contributed by atoms with Gasteiger partial charge >= 0.3 is 6.09 Å². The first-order valence-corrected chi connectivity index (χ1v) is 6.47. The number of nitrogens with one attached hydrogen (secondary N) is 1. The molecule has 0 aliphatic rings. The molecule has 0 saturated carbocycles. The standard InChI is InChI=1S/C15H23NO3/c1-15(2,16-14(17)18)10-13(11-19-3)9-12-7-5-4-6-8-12/h4-8,13,16H,9-11H2,1-3H3,(H,17,18)/t13-/m0/s1. The van der Waals surface area contributed by atoms with Crippen LogP contribution in [0.5, 0.6) is 0 Å². The average Bonchev–Trinajstić information content (AvgIpc) is 2.28. The minimum atomic E-state index is -0.985. The van der Waals surface area contributed by atoms with Crippen molar-refractivity contribution in [3.8, 4) is 0 Å². The largest absolute Gasteiger partial charge is 0.465 e. The van der Waals surface area contributed by atoms with Crippen LogP contribution in [0.3, 0.4) is 0 Å². The summed E-state index contributed by atoms with van der Waals surface area (Å²) >= 11 is 0. The van der Waals surface area contributed by atoms with Crippen molar-refractivity contribution in [1.29, 1.82) is 0 Å². The Balaban J connectivity index is 2.64. The number of carbonyl (C=O) groups is 1. The fourth-order valence-electron chi connectivity index (χ4n) is 2.44. The molecular formula is C15H23NO3. The smallest absolute Gasteiger partial charge is 0.405 e. The van der Waals surface area contributed by atoms with E-state index in [-0.39, 0.29) is 5.92 Å². The number of rotatable bonds is 7. The lowest BCUT2D eigenvalue weighted by molar-refractivity contribution is 0.127. The van der Waals surface area contributed by atoms with Crippen molar-refractivity contribution >= 4 is 6.09 Å². The third-order valence-electron chi connectivity index (χ3n) is 3.01. The predicted molar refractivity (Wildman–Crippen MR) is 75.4 cm³/mol. The van der Waals surface area contributed by atoms with Crippen LogP contribution in [0.25, 0.3) is 0 Å². The Kier molecular flexibility index (Phi) is 5.83. The number of carboxylic acid groups (broad SMARTS) is 1. The van der Waals surface area contributed by atoms with Gasteiger partial charge in [-0.25, -0.2) is 4.79 Å². The van der Waals surface area contributed by atoms with Crippen molar-refractivity contribution < 1.29 is 14.6 Å². The van der Waals surface area contributed by atoms with Gasteiger partial charge in [-0.1, -0.05) is 30.3 Å². The Morgan fingerprint density at radius 2 is 2.00 bits per heavy atom. The Bertz CT molecular complexity index is 390. The van der Waals surface area contributed by atoms with E-state index in [9.17, 15) is 4.79 Å². The molecule has 0 unspecified atom stereocenters. The van der Waals surface area contributed by atoms with E-state index >= 15 is 0 Å². The zero-order valence-corrected chi connectivity index (χ0v) is 11.8. The van der Waals surface area contributed by atoms with Gasteiger partial charge in [0.2, 0.25) is 0 Å². The van der Waals surface area contributed by atoms with Crippen LogP contribution in [0.15, 0.2) is 30.3 Å². The number of hydrogen-bond donors (Lipinski definition) is 2. The molecule has 1 aromatic carbocycles. The summed E-state index contributed by atoms with van der Waals surface area (Å²) in [5.74, 6) is 0.286. The van der Waals surface area contributed by atoms with Crippen molar-refractivity contribution in [2.75, 3.05) is 13.7 Å². The van der Waals surface area contributed by atoms with Crippen LogP contribution in [-0.2, 0) is 11.2 Å². The van der Waals surface area contributed by atoms with Crippen LogP contribution >= 0.6 is 0 Å². The Morgan fingerprint density at radius 3 is 2.53 bits per heavy atom. The highest BCUT2D eigenvalue weighted by Crippen LogP contribution is 2.21. The van der Waals surface area contributed by atoms with Crippen LogP contribution in [0.4, 0.5) is 4.79 Å². The Hall–Kier alpha value is -1.55. The summed E-state index contributed by atoms with van der Waals surface area (Å²) in [7, 11) is 1.68. The summed E-state index contributed by atoms with van der Waals surface area (Å²) in [6, 6.07) is 10.2. The molecule has 2 N–H and O–H groups in total. The second-order valence-corrected chi connectivity index (χ2v) is 5.53. The highest BCUT2D eigenvalue weighted by Gasteiger charge is 2.25. The molecule has 0 aromatic heterocycles. The molecule has 0 radical (unpaired) electrons. The first-order chi connectivity index (χ1) is 8.93. The van der Waals surface area contributed by atoms with Gasteiger partial charge in [0.25, 0.3) is 0 Å². The molecule has 0 fully saturated rings. The molecule has 0 heterocycles. The summed E-state index contributed by atoms with van der Waals surface area (Å²) in [5, 5.41) is 11.4. The lowest BCUT2D eigenvalue weighted by Crippen LogP contribution is -2.44. The first kappa shape index (κ1) is 15.5. The van der Waals surface area contributed by atoms with E-state index in [1.807, 2.05) is 32.0 Å². The minimum Gasteiger partial charge on any atom is -0.465 e. The second kappa shape index (κ2) is 7.14. The quantitative estimate of drug-likeness (QED) is 0.797. The molecule has 4 heteroatoms. The molecule has 106 valence electrons. The van der Waals surface area contributed by atoms with Crippen LogP contribution in [0.1, 0.15) is 25.8 Å². The zero-order valence-electron chi connectivity index (χ0n) is 11.8. The summed E-state index contributed by atoms with van der Waals surface area (Å²) in [5.41, 5.74) is 0.791. The van der Waals surface area contributed by atoms with Gasteiger partial charge in [-0.05, 0) is 38.2 Å². The minimum absolute atomic E-state index is 0.286. The summed E-state index contributed by atoms with van der Waals surface area (Å²) in [4.78, 5) is 10.8. The van der Waals surface area contributed by atoms with Gasteiger partial charge in [-0.15, -0.1) is 0 Å². The summed E-state index contributed by atoms with van der Waals surface area (Å²) in [6.45, 7) is 4.42. The number of methoxy groups -OCH3 is 1. The number of ether oxygens (including phenoxy) is 1. The van der Waals surface area contributed by atoms with Crippen molar-refractivity contribution in [1.82, 2.24) is 5.32 Å². The van der Waals surface area contributed by atoms with Gasteiger partial charge in [0.05, 0.1) is 0 Å². The molecule has 1 atom stereocenters. The van der Waals surface area contributed by atoms with Gasteiger partial charge < -0.3 is 15.2 Å². The molecule has 1 amide bonds. The zero-order chi connectivity index (χ0) is 14.3. The average molecular weight is 265 g/mol. The molecular weight excluding hydrogens is 242 g/mol. The molecule has 19 heavy (non-hydrogen) atoms. The van der Waals surface area contributed by atoms with Crippen molar-refractivity contribution in [2.24, 2.45) is 5.92 Å². The molecule has 0 aliphatic carbocycles. The van der Waals surface area contributed by atoms with Crippen molar-refractivity contribution in [2.45, 2.75) is 32.2 Å². The molecule has 0 bridgehead atoms. The fourth-order valence-corrected chi connectivity index (χ4v) is 2.44. The van der Waals surface area contributed by atoms with Gasteiger partial charge in [0.15, 0.2) is 0 Å². The summed E-state index contributed by atoms with van der Waals surface area (Å²) < 4.78 is 5.25. The summed E-state index contributed by atoms with van der Waals surface area (Å²) in [6.07, 6.45) is 0.641. The third-order valence-corrected chi connectivity index (χ3v) is 3.01.